The predicted molar refractivity (Wildman–Crippen MR) is 83.1 cm³/mol. The maximum atomic E-state index is 12.7. The number of carboxylic acids is 1. The van der Waals surface area contributed by atoms with Crippen molar-refractivity contribution in [2.24, 2.45) is 0 Å². The number of ether oxygens (including phenoxy) is 1. The lowest BCUT2D eigenvalue weighted by Gasteiger charge is -2.17. The van der Waals surface area contributed by atoms with Crippen molar-refractivity contribution in [2.75, 3.05) is 0 Å². The smallest absolute Gasteiger partial charge is 0.416 e. The standard InChI is InChI=1S/C18H17F3O3/c1-11-6-7-15(8-12(11)2)24-16(17(22)23)10-13-4-3-5-14(9-13)18(19,20)21/h3-9,16H,10H2,1-2H3,(H,22,23)/t16-/m0/s1. The van der Waals surface area contributed by atoms with Gasteiger partial charge in [0.2, 0.25) is 0 Å². The zero-order valence-corrected chi connectivity index (χ0v) is 13.2. The lowest BCUT2D eigenvalue weighted by Crippen LogP contribution is -2.29. The van der Waals surface area contributed by atoms with E-state index in [9.17, 15) is 23.1 Å². The molecule has 2 aromatic rings. The Kier molecular flexibility index (Phi) is 5.17. The fourth-order valence-corrected chi connectivity index (χ4v) is 2.22. The van der Waals surface area contributed by atoms with Crippen LogP contribution in [0.15, 0.2) is 42.5 Å². The molecule has 0 unspecified atom stereocenters. The molecule has 0 aromatic heterocycles. The first kappa shape index (κ1) is 17.8. The summed E-state index contributed by atoms with van der Waals surface area (Å²) in [6.07, 6.45) is -5.90. The van der Waals surface area contributed by atoms with Crippen molar-refractivity contribution in [3.63, 3.8) is 0 Å². The molecule has 0 saturated carbocycles. The van der Waals surface area contributed by atoms with E-state index in [1.165, 1.54) is 12.1 Å². The molecule has 2 aromatic carbocycles. The van der Waals surface area contributed by atoms with Gasteiger partial charge < -0.3 is 9.84 Å². The third kappa shape index (κ3) is 4.50. The van der Waals surface area contributed by atoms with Crippen LogP contribution in [0.1, 0.15) is 22.3 Å². The van der Waals surface area contributed by atoms with Crippen molar-refractivity contribution in [1.29, 1.82) is 0 Å². The van der Waals surface area contributed by atoms with Gasteiger partial charge in [-0.3, -0.25) is 0 Å². The number of aryl methyl sites for hydroxylation is 2. The molecule has 3 nitrogen and oxygen atoms in total. The van der Waals surface area contributed by atoms with E-state index >= 15 is 0 Å². The zero-order chi connectivity index (χ0) is 17.9. The van der Waals surface area contributed by atoms with Gasteiger partial charge in [0.15, 0.2) is 6.10 Å². The highest BCUT2D eigenvalue weighted by Gasteiger charge is 2.31. The third-order valence-electron chi connectivity index (χ3n) is 3.71. The van der Waals surface area contributed by atoms with Crippen LogP contribution in [0.25, 0.3) is 0 Å². The fourth-order valence-electron chi connectivity index (χ4n) is 2.22. The van der Waals surface area contributed by atoms with Gasteiger partial charge in [0.05, 0.1) is 5.56 Å². The first-order chi connectivity index (χ1) is 11.2. The number of carbonyl (C=O) groups is 1. The minimum atomic E-state index is -4.47. The summed E-state index contributed by atoms with van der Waals surface area (Å²) in [6.45, 7) is 3.78. The largest absolute Gasteiger partial charge is 0.478 e. The van der Waals surface area contributed by atoms with Crippen molar-refractivity contribution in [1.82, 2.24) is 0 Å². The summed E-state index contributed by atoms with van der Waals surface area (Å²) < 4.78 is 43.7. The summed E-state index contributed by atoms with van der Waals surface area (Å²) in [4.78, 5) is 11.4. The van der Waals surface area contributed by atoms with Crippen LogP contribution in [0, 0.1) is 13.8 Å². The van der Waals surface area contributed by atoms with Crippen molar-refractivity contribution in [3.8, 4) is 5.75 Å². The van der Waals surface area contributed by atoms with E-state index in [0.717, 1.165) is 23.3 Å². The van der Waals surface area contributed by atoms with Crippen molar-refractivity contribution in [3.05, 3.63) is 64.7 Å². The second kappa shape index (κ2) is 6.95. The van der Waals surface area contributed by atoms with Gasteiger partial charge >= 0.3 is 12.1 Å². The quantitative estimate of drug-likeness (QED) is 0.879. The summed E-state index contributed by atoms with van der Waals surface area (Å²) in [6, 6.07) is 9.75. The molecule has 0 spiro atoms. The maximum absolute atomic E-state index is 12.7. The number of benzene rings is 2. The van der Waals surface area contributed by atoms with Crippen LogP contribution >= 0.6 is 0 Å². The van der Waals surface area contributed by atoms with Crippen molar-refractivity contribution in [2.45, 2.75) is 32.5 Å². The van der Waals surface area contributed by atoms with Gasteiger partial charge in [0.1, 0.15) is 5.75 Å². The Morgan fingerprint density at radius 1 is 1.12 bits per heavy atom. The van der Waals surface area contributed by atoms with Crippen LogP contribution in [0.5, 0.6) is 5.75 Å². The number of rotatable bonds is 5. The molecular weight excluding hydrogens is 321 g/mol. The summed E-state index contributed by atoms with van der Waals surface area (Å²) in [5.41, 5.74) is 1.42. The fraction of sp³-hybridized carbons (Fsp3) is 0.278. The molecule has 24 heavy (non-hydrogen) atoms. The van der Waals surface area contributed by atoms with E-state index in [4.69, 9.17) is 4.74 Å². The molecule has 0 aliphatic rings. The van der Waals surface area contributed by atoms with Crippen LogP contribution in [-0.4, -0.2) is 17.2 Å². The molecule has 0 aliphatic heterocycles. The van der Waals surface area contributed by atoms with Gasteiger partial charge in [0, 0.05) is 6.42 Å². The van der Waals surface area contributed by atoms with E-state index in [-0.39, 0.29) is 12.0 Å². The Morgan fingerprint density at radius 2 is 1.83 bits per heavy atom. The minimum absolute atomic E-state index is 0.161. The van der Waals surface area contributed by atoms with E-state index in [1.54, 1.807) is 18.2 Å². The molecule has 1 atom stereocenters. The normalized spacial score (nSPS) is 12.7. The first-order valence-corrected chi connectivity index (χ1v) is 7.29. The van der Waals surface area contributed by atoms with E-state index in [0.29, 0.717) is 5.75 Å². The second-order valence-electron chi connectivity index (χ2n) is 5.59. The van der Waals surface area contributed by atoms with E-state index in [2.05, 4.69) is 0 Å². The molecule has 0 heterocycles. The van der Waals surface area contributed by atoms with Gasteiger partial charge in [-0.1, -0.05) is 24.3 Å². The molecule has 128 valence electrons. The Hall–Kier alpha value is -2.50. The minimum Gasteiger partial charge on any atom is -0.478 e. The first-order valence-electron chi connectivity index (χ1n) is 7.29. The molecular formula is C18H17F3O3. The summed E-state index contributed by atoms with van der Waals surface area (Å²) in [5, 5.41) is 9.30. The highest BCUT2D eigenvalue weighted by atomic mass is 19.4. The molecule has 0 amide bonds. The maximum Gasteiger partial charge on any atom is 0.416 e. The monoisotopic (exact) mass is 338 g/mol. The van der Waals surface area contributed by atoms with Crippen molar-refractivity contribution < 1.29 is 27.8 Å². The predicted octanol–water partition coefficient (Wildman–Crippen LogP) is 4.40. The van der Waals surface area contributed by atoms with Crippen LogP contribution in [0.4, 0.5) is 13.2 Å². The molecule has 0 saturated heterocycles. The van der Waals surface area contributed by atoms with Crippen LogP contribution < -0.4 is 4.74 Å². The number of carboxylic acid groups (broad SMARTS) is 1. The Morgan fingerprint density at radius 3 is 2.42 bits per heavy atom. The molecule has 0 radical (unpaired) electrons. The number of alkyl halides is 3. The summed E-state index contributed by atoms with van der Waals surface area (Å²) >= 11 is 0. The average Bonchev–Trinajstić information content (AvgIpc) is 2.49. The highest BCUT2D eigenvalue weighted by Crippen LogP contribution is 2.30. The SMILES string of the molecule is Cc1ccc(O[C@@H](Cc2cccc(C(F)(F)F)c2)C(=O)O)cc1C. The van der Waals surface area contributed by atoms with Crippen LogP contribution in [0.3, 0.4) is 0 Å². The van der Waals surface area contributed by atoms with Crippen LogP contribution in [-0.2, 0) is 17.4 Å². The lowest BCUT2D eigenvalue weighted by atomic mass is 10.0. The molecule has 1 N–H and O–H groups in total. The molecule has 6 heteroatoms. The second-order valence-corrected chi connectivity index (χ2v) is 5.59. The average molecular weight is 338 g/mol. The van der Waals surface area contributed by atoms with Gasteiger partial charge in [0.25, 0.3) is 0 Å². The topological polar surface area (TPSA) is 46.5 Å². The highest BCUT2D eigenvalue weighted by molar-refractivity contribution is 5.73. The van der Waals surface area contributed by atoms with Gasteiger partial charge in [-0.15, -0.1) is 0 Å². The van der Waals surface area contributed by atoms with Gasteiger partial charge in [-0.2, -0.15) is 13.2 Å². The molecule has 2 rings (SSSR count). The number of hydrogen-bond donors (Lipinski definition) is 1. The zero-order valence-electron chi connectivity index (χ0n) is 13.2. The van der Waals surface area contributed by atoms with E-state index in [1.807, 2.05) is 13.8 Å². The van der Waals surface area contributed by atoms with Gasteiger partial charge in [-0.25, -0.2) is 4.79 Å². The Bertz CT molecular complexity index is 739. The molecule has 0 fully saturated rings. The number of aliphatic carboxylic acids is 1. The van der Waals surface area contributed by atoms with E-state index < -0.39 is 23.8 Å². The summed E-state index contributed by atoms with van der Waals surface area (Å²) in [7, 11) is 0. The third-order valence-corrected chi connectivity index (χ3v) is 3.71. The Labute approximate surface area is 137 Å². The lowest BCUT2D eigenvalue weighted by molar-refractivity contribution is -0.145. The molecule has 0 bridgehead atoms. The Balaban J connectivity index is 2.20. The van der Waals surface area contributed by atoms with Crippen molar-refractivity contribution >= 4 is 5.97 Å². The number of hydrogen-bond acceptors (Lipinski definition) is 2. The summed E-state index contributed by atoms with van der Waals surface area (Å²) in [5.74, 6) is -0.858. The van der Waals surface area contributed by atoms with Crippen LogP contribution in [0.2, 0.25) is 0 Å². The molecule has 0 aliphatic carbocycles. The van der Waals surface area contributed by atoms with Gasteiger partial charge in [-0.05, 0) is 48.7 Å². The number of halogens is 3.